The van der Waals surface area contributed by atoms with Gasteiger partial charge in [-0.3, -0.25) is 0 Å². The SMILES string of the molecule is Cc1cccc2c1CN(C)CC2c1ccc(C(F)(F)F)cc1. The molecule has 0 saturated carbocycles. The van der Waals surface area contributed by atoms with Gasteiger partial charge < -0.3 is 4.90 Å². The minimum absolute atomic E-state index is 0.121. The van der Waals surface area contributed by atoms with Crippen LogP contribution in [-0.2, 0) is 12.7 Å². The monoisotopic (exact) mass is 305 g/mol. The van der Waals surface area contributed by atoms with E-state index >= 15 is 0 Å². The van der Waals surface area contributed by atoms with Gasteiger partial charge in [0.05, 0.1) is 5.56 Å². The zero-order chi connectivity index (χ0) is 15.9. The Morgan fingerprint density at radius 2 is 1.73 bits per heavy atom. The molecule has 22 heavy (non-hydrogen) atoms. The van der Waals surface area contributed by atoms with Gasteiger partial charge in [0.1, 0.15) is 0 Å². The first-order valence-electron chi connectivity index (χ1n) is 7.30. The third-order valence-electron chi connectivity index (χ3n) is 4.38. The molecule has 2 aromatic rings. The molecule has 2 aromatic carbocycles. The van der Waals surface area contributed by atoms with Crippen molar-refractivity contribution in [3.63, 3.8) is 0 Å². The van der Waals surface area contributed by atoms with Gasteiger partial charge in [-0.25, -0.2) is 0 Å². The lowest BCUT2D eigenvalue weighted by Gasteiger charge is -2.33. The third kappa shape index (κ3) is 2.75. The van der Waals surface area contributed by atoms with Gasteiger partial charge in [-0.1, -0.05) is 30.3 Å². The summed E-state index contributed by atoms with van der Waals surface area (Å²) in [6.07, 6.45) is -4.28. The Labute approximate surface area is 128 Å². The molecule has 0 amide bonds. The van der Waals surface area contributed by atoms with Crippen LogP contribution in [0.15, 0.2) is 42.5 Å². The first-order chi connectivity index (χ1) is 10.4. The van der Waals surface area contributed by atoms with Crippen LogP contribution in [0.1, 0.15) is 33.7 Å². The number of halogens is 3. The van der Waals surface area contributed by atoms with E-state index in [1.807, 2.05) is 13.1 Å². The van der Waals surface area contributed by atoms with E-state index in [0.29, 0.717) is 0 Å². The van der Waals surface area contributed by atoms with Gasteiger partial charge >= 0.3 is 6.18 Å². The molecule has 1 heterocycles. The van der Waals surface area contributed by atoms with Crippen LogP contribution in [0.2, 0.25) is 0 Å². The molecule has 0 radical (unpaired) electrons. The highest BCUT2D eigenvalue weighted by atomic mass is 19.4. The van der Waals surface area contributed by atoms with Crippen molar-refractivity contribution in [3.8, 4) is 0 Å². The lowest BCUT2D eigenvalue weighted by Crippen LogP contribution is -2.31. The minimum atomic E-state index is -4.28. The lowest BCUT2D eigenvalue weighted by molar-refractivity contribution is -0.137. The third-order valence-corrected chi connectivity index (χ3v) is 4.38. The van der Waals surface area contributed by atoms with Crippen molar-refractivity contribution in [3.05, 3.63) is 70.3 Å². The van der Waals surface area contributed by atoms with E-state index in [9.17, 15) is 13.2 Å². The van der Waals surface area contributed by atoms with Crippen molar-refractivity contribution in [1.29, 1.82) is 0 Å². The van der Waals surface area contributed by atoms with E-state index in [0.717, 1.165) is 18.7 Å². The Hall–Kier alpha value is -1.81. The van der Waals surface area contributed by atoms with Crippen LogP contribution in [0.3, 0.4) is 0 Å². The molecule has 1 atom stereocenters. The molecule has 0 bridgehead atoms. The molecule has 1 aliphatic rings. The van der Waals surface area contributed by atoms with Crippen LogP contribution in [0.4, 0.5) is 13.2 Å². The highest BCUT2D eigenvalue weighted by molar-refractivity contribution is 5.44. The molecule has 4 heteroatoms. The van der Waals surface area contributed by atoms with Crippen LogP contribution in [0.25, 0.3) is 0 Å². The maximum Gasteiger partial charge on any atom is 0.416 e. The number of hydrogen-bond donors (Lipinski definition) is 0. The van der Waals surface area contributed by atoms with Crippen LogP contribution < -0.4 is 0 Å². The largest absolute Gasteiger partial charge is 0.416 e. The summed E-state index contributed by atoms with van der Waals surface area (Å²) in [5.74, 6) is 0.121. The Balaban J connectivity index is 2.01. The molecule has 116 valence electrons. The zero-order valence-electron chi connectivity index (χ0n) is 12.6. The molecule has 0 aromatic heterocycles. The van der Waals surface area contributed by atoms with E-state index in [-0.39, 0.29) is 5.92 Å². The van der Waals surface area contributed by atoms with Gasteiger partial charge in [0.2, 0.25) is 0 Å². The standard InChI is InChI=1S/C18H18F3N/c1-12-4-3-5-15-16(12)10-22(2)11-17(15)13-6-8-14(9-7-13)18(19,20)21/h3-9,17H,10-11H2,1-2H3. The van der Waals surface area contributed by atoms with Crippen molar-refractivity contribution < 1.29 is 13.2 Å². The summed E-state index contributed by atoms with van der Waals surface area (Å²) in [5, 5.41) is 0. The Kier molecular flexibility index (Phi) is 3.73. The second-order valence-corrected chi connectivity index (χ2v) is 6.01. The molecule has 0 saturated heterocycles. The Morgan fingerprint density at radius 1 is 1.05 bits per heavy atom. The summed E-state index contributed by atoms with van der Waals surface area (Å²) in [7, 11) is 2.05. The van der Waals surface area contributed by atoms with E-state index in [1.165, 1.54) is 28.8 Å². The predicted octanol–water partition coefficient (Wildman–Crippen LogP) is 4.59. The summed E-state index contributed by atoms with van der Waals surface area (Å²) < 4.78 is 38.1. The quantitative estimate of drug-likeness (QED) is 0.745. The normalized spacial score (nSPS) is 19.0. The number of likely N-dealkylation sites (N-methyl/N-ethyl adjacent to an activating group) is 1. The summed E-state index contributed by atoms with van der Waals surface area (Å²) in [4.78, 5) is 2.22. The van der Waals surface area contributed by atoms with Gasteiger partial charge in [0, 0.05) is 19.0 Å². The molecule has 3 rings (SSSR count). The highest BCUT2D eigenvalue weighted by Crippen LogP contribution is 2.36. The lowest BCUT2D eigenvalue weighted by atomic mass is 9.83. The van der Waals surface area contributed by atoms with Crippen LogP contribution in [0.5, 0.6) is 0 Å². The van der Waals surface area contributed by atoms with E-state index in [1.54, 1.807) is 12.1 Å². The Morgan fingerprint density at radius 3 is 2.36 bits per heavy atom. The average molecular weight is 305 g/mol. The topological polar surface area (TPSA) is 3.24 Å². The maximum atomic E-state index is 12.7. The van der Waals surface area contributed by atoms with Gasteiger partial charge in [0.15, 0.2) is 0 Å². The maximum absolute atomic E-state index is 12.7. The number of fused-ring (bicyclic) bond motifs is 1. The van der Waals surface area contributed by atoms with E-state index < -0.39 is 11.7 Å². The van der Waals surface area contributed by atoms with Crippen molar-refractivity contribution in [1.82, 2.24) is 4.90 Å². The van der Waals surface area contributed by atoms with Gasteiger partial charge in [0.25, 0.3) is 0 Å². The Bertz CT molecular complexity index is 674. The predicted molar refractivity (Wildman–Crippen MR) is 80.8 cm³/mol. The fraction of sp³-hybridized carbons (Fsp3) is 0.333. The molecule has 0 spiro atoms. The van der Waals surface area contributed by atoms with Crippen LogP contribution in [-0.4, -0.2) is 18.5 Å². The van der Waals surface area contributed by atoms with E-state index in [2.05, 4.69) is 24.0 Å². The van der Waals surface area contributed by atoms with Crippen molar-refractivity contribution in [2.45, 2.75) is 25.6 Å². The van der Waals surface area contributed by atoms with Crippen LogP contribution in [0, 0.1) is 6.92 Å². The van der Waals surface area contributed by atoms with Gasteiger partial charge in [-0.05, 0) is 48.4 Å². The molecule has 0 fully saturated rings. The minimum Gasteiger partial charge on any atom is -0.301 e. The molecule has 0 N–H and O–H groups in total. The van der Waals surface area contributed by atoms with Crippen molar-refractivity contribution in [2.24, 2.45) is 0 Å². The smallest absolute Gasteiger partial charge is 0.301 e. The summed E-state index contributed by atoms with van der Waals surface area (Å²) >= 11 is 0. The van der Waals surface area contributed by atoms with Gasteiger partial charge in [-0.15, -0.1) is 0 Å². The molecular weight excluding hydrogens is 287 g/mol. The van der Waals surface area contributed by atoms with E-state index in [4.69, 9.17) is 0 Å². The molecule has 1 nitrogen and oxygen atoms in total. The van der Waals surface area contributed by atoms with Crippen molar-refractivity contribution >= 4 is 0 Å². The number of aryl methyl sites for hydroxylation is 1. The summed E-state index contributed by atoms with van der Waals surface area (Å²) in [5.41, 5.74) is 4.11. The fourth-order valence-electron chi connectivity index (χ4n) is 3.20. The number of rotatable bonds is 1. The molecule has 1 aliphatic heterocycles. The average Bonchev–Trinajstić information content (AvgIpc) is 2.47. The summed E-state index contributed by atoms with van der Waals surface area (Å²) in [6.45, 7) is 3.79. The second-order valence-electron chi connectivity index (χ2n) is 6.01. The second kappa shape index (κ2) is 5.43. The fourth-order valence-corrected chi connectivity index (χ4v) is 3.20. The molecule has 1 unspecified atom stereocenters. The molecular formula is C18H18F3N. The van der Waals surface area contributed by atoms with Crippen LogP contribution >= 0.6 is 0 Å². The first kappa shape index (κ1) is 15.1. The first-order valence-corrected chi connectivity index (χ1v) is 7.30. The summed E-state index contributed by atoms with van der Waals surface area (Å²) in [6, 6.07) is 11.8. The highest BCUT2D eigenvalue weighted by Gasteiger charge is 2.31. The number of nitrogens with zero attached hydrogens (tertiary/aromatic N) is 1. The number of hydrogen-bond acceptors (Lipinski definition) is 1. The zero-order valence-corrected chi connectivity index (χ0v) is 12.6. The molecule has 0 aliphatic carbocycles. The number of alkyl halides is 3. The van der Waals surface area contributed by atoms with Gasteiger partial charge in [-0.2, -0.15) is 13.2 Å². The number of benzene rings is 2. The van der Waals surface area contributed by atoms with Crippen molar-refractivity contribution in [2.75, 3.05) is 13.6 Å².